The van der Waals surface area contributed by atoms with Crippen molar-refractivity contribution in [2.75, 3.05) is 0 Å². The first-order valence-electron chi connectivity index (χ1n) is 5.10. The van der Waals surface area contributed by atoms with Gasteiger partial charge >= 0.3 is 0 Å². The van der Waals surface area contributed by atoms with Crippen LogP contribution in [0.3, 0.4) is 0 Å². The molecular formula is C10H14F2O. The minimum absolute atomic E-state index is 0.340. The van der Waals surface area contributed by atoms with Crippen LogP contribution in [0, 0.1) is 17.8 Å². The van der Waals surface area contributed by atoms with Gasteiger partial charge in [0.05, 0.1) is 5.60 Å². The standard InChI is InChI=1S/C10H14F2O/c11-10(12)7-1-6-2-8(10)5-9(13,3-6)4-7/h6-8,13H,1-5H2. The maximum atomic E-state index is 13.6. The van der Waals surface area contributed by atoms with E-state index >= 15 is 0 Å². The van der Waals surface area contributed by atoms with Crippen molar-refractivity contribution in [2.45, 2.75) is 43.6 Å². The summed E-state index contributed by atoms with van der Waals surface area (Å²) in [7, 11) is 0. The summed E-state index contributed by atoms with van der Waals surface area (Å²) in [5.41, 5.74) is -0.724. The Hall–Kier alpha value is -0.180. The number of halogens is 2. The predicted octanol–water partition coefficient (Wildman–Crippen LogP) is 2.19. The monoisotopic (exact) mass is 188 g/mol. The molecule has 2 atom stereocenters. The average molecular weight is 188 g/mol. The SMILES string of the molecule is OC12CC3CC(C1)C(F)(F)C(C3)C2. The van der Waals surface area contributed by atoms with E-state index in [1.54, 1.807) is 0 Å². The lowest BCUT2D eigenvalue weighted by molar-refractivity contribution is -0.246. The molecule has 0 heterocycles. The Bertz CT molecular complexity index is 233. The topological polar surface area (TPSA) is 20.2 Å². The normalized spacial score (nSPS) is 57.0. The molecule has 0 aromatic carbocycles. The third-order valence-electron chi connectivity index (χ3n) is 4.25. The molecule has 0 aromatic rings. The molecule has 74 valence electrons. The van der Waals surface area contributed by atoms with Crippen LogP contribution in [-0.4, -0.2) is 16.6 Å². The molecular weight excluding hydrogens is 174 g/mol. The first-order chi connectivity index (χ1) is 6.00. The van der Waals surface area contributed by atoms with Gasteiger partial charge in [0, 0.05) is 11.8 Å². The van der Waals surface area contributed by atoms with E-state index in [0.717, 1.165) is 6.42 Å². The maximum Gasteiger partial charge on any atom is 0.253 e. The average Bonchev–Trinajstić information content (AvgIpc) is 1.97. The summed E-state index contributed by atoms with van der Waals surface area (Å²) in [6.07, 6.45) is 2.74. The van der Waals surface area contributed by atoms with Gasteiger partial charge in [0.2, 0.25) is 0 Å². The largest absolute Gasteiger partial charge is 0.390 e. The lowest BCUT2D eigenvalue weighted by atomic mass is 9.52. The molecule has 0 amide bonds. The second-order valence-electron chi connectivity index (χ2n) is 5.24. The minimum Gasteiger partial charge on any atom is -0.390 e. The zero-order valence-electron chi connectivity index (χ0n) is 7.47. The Labute approximate surface area is 76.1 Å². The Kier molecular flexibility index (Phi) is 1.30. The van der Waals surface area contributed by atoms with Crippen LogP contribution in [0.5, 0.6) is 0 Å². The highest BCUT2D eigenvalue weighted by molar-refractivity contribution is 5.08. The third kappa shape index (κ3) is 0.940. The van der Waals surface area contributed by atoms with Crippen molar-refractivity contribution >= 4 is 0 Å². The summed E-state index contributed by atoms with van der Waals surface area (Å²) in [6.45, 7) is 0. The molecule has 0 aromatic heterocycles. The van der Waals surface area contributed by atoms with Gasteiger partial charge in [-0.05, 0) is 38.0 Å². The maximum absolute atomic E-state index is 13.6. The molecule has 3 heteroatoms. The lowest BCUT2D eigenvalue weighted by Gasteiger charge is -2.57. The Morgan fingerprint density at radius 3 is 2.00 bits per heavy atom. The fraction of sp³-hybridized carbons (Fsp3) is 1.00. The van der Waals surface area contributed by atoms with Crippen molar-refractivity contribution in [1.82, 2.24) is 0 Å². The van der Waals surface area contributed by atoms with Crippen LogP contribution in [0.4, 0.5) is 8.78 Å². The molecule has 4 aliphatic rings. The Balaban J connectivity index is 1.99. The summed E-state index contributed by atoms with van der Waals surface area (Å²) in [5.74, 6) is -3.15. The molecule has 4 bridgehead atoms. The summed E-state index contributed by atoms with van der Waals surface area (Å²) in [4.78, 5) is 0. The molecule has 4 saturated carbocycles. The molecule has 4 fully saturated rings. The molecule has 0 saturated heterocycles. The molecule has 0 spiro atoms. The molecule has 0 aliphatic heterocycles. The van der Waals surface area contributed by atoms with Gasteiger partial charge in [-0.15, -0.1) is 0 Å². The van der Waals surface area contributed by atoms with E-state index in [0.29, 0.717) is 31.6 Å². The molecule has 13 heavy (non-hydrogen) atoms. The number of rotatable bonds is 0. The summed E-state index contributed by atoms with van der Waals surface area (Å²) >= 11 is 0. The van der Waals surface area contributed by atoms with Gasteiger partial charge in [-0.3, -0.25) is 0 Å². The second-order valence-corrected chi connectivity index (χ2v) is 5.24. The van der Waals surface area contributed by atoms with Gasteiger partial charge in [-0.25, -0.2) is 8.78 Å². The zero-order valence-corrected chi connectivity index (χ0v) is 7.47. The van der Waals surface area contributed by atoms with Gasteiger partial charge < -0.3 is 5.11 Å². The predicted molar refractivity (Wildman–Crippen MR) is 43.5 cm³/mol. The van der Waals surface area contributed by atoms with Crippen LogP contribution in [-0.2, 0) is 0 Å². The fourth-order valence-corrected chi connectivity index (χ4v) is 3.86. The highest BCUT2D eigenvalue weighted by atomic mass is 19.3. The first kappa shape index (κ1) is 8.16. The van der Waals surface area contributed by atoms with Crippen molar-refractivity contribution in [1.29, 1.82) is 0 Å². The van der Waals surface area contributed by atoms with Crippen molar-refractivity contribution in [3.8, 4) is 0 Å². The van der Waals surface area contributed by atoms with E-state index in [-0.39, 0.29) is 0 Å². The van der Waals surface area contributed by atoms with Crippen LogP contribution in [0.25, 0.3) is 0 Å². The molecule has 2 unspecified atom stereocenters. The van der Waals surface area contributed by atoms with Crippen molar-refractivity contribution in [3.05, 3.63) is 0 Å². The van der Waals surface area contributed by atoms with E-state index < -0.39 is 23.4 Å². The van der Waals surface area contributed by atoms with E-state index in [1.165, 1.54) is 0 Å². The van der Waals surface area contributed by atoms with Gasteiger partial charge in [0.15, 0.2) is 0 Å². The van der Waals surface area contributed by atoms with Crippen LogP contribution in [0.2, 0.25) is 0 Å². The second kappa shape index (κ2) is 2.08. The highest BCUT2D eigenvalue weighted by Crippen LogP contribution is 2.61. The molecule has 4 aliphatic carbocycles. The summed E-state index contributed by atoms with van der Waals surface area (Å²) in [6, 6.07) is 0. The van der Waals surface area contributed by atoms with Gasteiger partial charge in [-0.2, -0.15) is 0 Å². The lowest BCUT2D eigenvalue weighted by Crippen LogP contribution is -2.59. The molecule has 4 rings (SSSR count). The highest BCUT2D eigenvalue weighted by Gasteiger charge is 2.63. The van der Waals surface area contributed by atoms with Crippen LogP contribution in [0.1, 0.15) is 32.1 Å². The number of hydrogen-bond donors (Lipinski definition) is 1. The fourth-order valence-electron chi connectivity index (χ4n) is 3.86. The first-order valence-corrected chi connectivity index (χ1v) is 5.10. The smallest absolute Gasteiger partial charge is 0.253 e. The number of hydrogen-bond acceptors (Lipinski definition) is 1. The molecule has 1 N–H and O–H groups in total. The van der Waals surface area contributed by atoms with E-state index in [1.807, 2.05) is 0 Å². The van der Waals surface area contributed by atoms with E-state index in [9.17, 15) is 13.9 Å². The van der Waals surface area contributed by atoms with E-state index in [2.05, 4.69) is 0 Å². The van der Waals surface area contributed by atoms with Gasteiger partial charge in [-0.1, -0.05) is 0 Å². The number of aliphatic hydroxyl groups is 1. The van der Waals surface area contributed by atoms with Crippen molar-refractivity contribution in [2.24, 2.45) is 17.8 Å². The summed E-state index contributed by atoms with van der Waals surface area (Å²) < 4.78 is 27.1. The van der Waals surface area contributed by atoms with Gasteiger partial charge in [0.1, 0.15) is 0 Å². The summed E-state index contributed by atoms with van der Waals surface area (Å²) in [5, 5.41) is 10.0. The zero-order chi connectivity index (χ0) is 9.27. The van der Waals surface area contributed by atoms with Crippen LogP contribution < -0.4 is 0 Å². The van der Waals surface area contributed by atoms with Crippen molar-refractivity contribution in [3.63, 3.8) is 0 Å². The Morgan fingerprint density at radius 1 is 1.00 bits per heavy atom. The van der Waals surface area contributed by atoms with Crippen molar-refractivity contribution < 1.29 is 13.9 Å². The van der Waals surface area contributed by atoms with Gasteiger partial charge in [0.25, 0.3) is 5.92 Å². The molecule has 0 radical (unpaired) electrons. The third-order valence-corrected chi connectivity index (χ3v) is 4.25. The van der Waals surface area contributed by atoms with Crippen LogP contribution >= 0.6 is 0 Å². The number of alkyl halides is 2. The Morgan fingerprint density at radius 2 is 1.54 bits per heavy atom. The molecule has 1 nitrogen and oxygen atoms in total. The van der Waals surface area contributed by atoms with E-state index in [4.69, 9.17) is 0 Å². The van der Waals surface area contributed by atoms with Crippen LogP contribution in [0.15, 0.2) is 0 Å². The quantitative estimate of drug-likeness (QED) is 0.617. The minimum atomic E-state index is -2.48.